The summed E-state index contributed by atoms with van der Waals surface area (Å²) in [7, 11) is 0. The quantitative estimate of drug-likeness (QED) is 0.499. The summed E-state index contributed by atoms with van der Waals surface area (Å²) in [6.45, 7) is 3.90. The molecule has 2 fully saturated rings. The van der Waals surface area contributed by atoms with E-state index in [1.165, 1.54) is 40.6 Å². The van der Waals surface area contributed by atoms with Crippen LogP contribution in [0, 0.1) is 0 Å². The Morgan fingerprint density at radius 1 is 1.13 bits per heavy atom. The SMILES string of the molecule is c1cc2sc(-c3c[nH]c4ncnc(N[C@H]5CC[C@H](N6CCOCC6)CC5)c34)cc2cn1. The molecule has 0 aromatic carbocycles. The maximum absolute atomic E-state index is 5.52. The van der Waals surface area contributed by atoms with Gasteiger partial charge in [-0.2, -0.15) is 0 Å². The number of thiophene rings is 1. The molecule has 8 heteroatoms. The van der Waals surface area contributed by atoms with Crippen molar-refractivity contribution in [2.45, 2.75) is 37.8 Å². The van der Waals surface area contributed by atoms with Gasteiger partial charge in [0.05, 0.1) is 18.6 Å². The van der Waals surface area contributed by atoms with E-state index in [0.717, 1.165) is 48.7 Å². The Morgan fingerprint density at radius 2 is 2.00 bits per heavy atom. The zero-order chi connectivity index (χ0) is 20.6. The number of hydrogen-bond acceptors (Lipinski definition) is 7. The molecular weight excluding hydrogens is 408 g/mol. The molecule has 0 radical (unpaired) electrons. The normalized spacial score (nSPS) is 22.8. The number of hydrogen-bond donors (Lipinski definition) is 2. The molecule has 1 aliphatic heterocycles. The minimum atomic E-state index is 0.449. The minimum absolute atomic E-state index is 0.449. The molecule has 2 aliphatic rings. The molecule has 7 nitrogen and oxygen atoms in total. The van der Waals surface area contributed by atoms with Gasteiger partial charge in [0.15, 0.2) is 0 Å². The fourth-order valence-corrected chi connectivity index (χ4v) is 6.06. The lowest BCUT2D eigenvalue weighted by Crippen LogP contribution is -2.46. The van der Waals surface area contributed by atoms with E-state index >= 15 is 0 Å². The highest BCUT2D eigenvalue weighted by Crippen LogP contribution is 2.39. The van der Waals surface area contributed by atoms with Gasteiger partial charge >= 0.3 is 0 Å². The summed E-state index contributed by atoms with van der Waals surface area (Å²) >= 11 is 1.78. The Balaban J connectivity index is 1.24. The van der Waals surface area contributed by atoms with Gasteiger partial charge in [-0.3, -0.25) is 9.88 Å². The molecule has 1 saturated heterocycles. The molecule has 0 bridgehead atoms. The van der Waals surface area contributed by atoms with Crippen LogP contribution in [0.15, 0.2) is 37.1 Å². The fourth-order valence-electron chi connectivity index (χ4n) is 5.01. The van der Waals surface area contributed by atoms with Gasteiger partial charge in [0.25, 0.3) is 0 Å². The standard InChI is InChI=1S/C23H26N6OS/c1-3-17(29-7-9-30-10-8-29)4-2-16(1)28-23-21-18(13-25-22(21)26-14-27-23)20-11-15-12-24-6-5-19(15)31-20/h5-6,11-14,16-17H,1-4,7-10H2,(H2,25,26,27,28)/t16-,17-. The van der Waals surface area contributed by atoms with E-state index in [4.69, 9.17) is 4.74 Å². The summed E-state index contributed by atoms with van der Waals surface area (Å²) in [5, 5.41) is 6.01. The molecule has 2 N–H and O–H groups in total. The van der Waals surface area contributed by atoms with Crippen LogP contribution in [0.3, 0.4) is 0 Å². The molecule has 5 heterocycles. The second kappa shape index (κ2) is 8.18. The average Bonchev–Trinajstić information content (AvgIpc) is 3.45. The van der Waals surface area contributed by atoms with Crippen molar-refractivity contribution in [2.24, 2.45) is 0 Å². The van der Waals surface area contributed by atoms with Crippen LogP contribution >= 0.6 is 11.3 Å². The second-order valence-corrected chi connectivity index (χ2v) is 9.55. The molecule has 4 aromatic rings. The highest BCUT2D eigenvalue weighted by atomic mass is 32.1. The van der Waals surface area contributed by atoms with Gasteiger partial charge in [-0.1, -0.05) is 0 Å². The number of pyridine rings is 1. The first-order chi connectivity index (χ1) is 15.3. The number of fused-ring (bicyclic) bond motifs is 2. The molecule has 0 atom stereocenters. The van der Waals surface area contributed by atoms with Crippen molar-refractivity contribution in [3.63, 3.8) is 0 Å². The van der Waals surface area contributed by atoms with Crippen LogP contribution in [0.4, 0.5) is 5.82 Å². The summed E-state index contributed by atoms with van der Waals surface area (Å²) in [5.74, 6) is 0.937. The number of nitrogens with zero attached hydrogens (tertiary/aromatic N) is 4. The highest BCUT2D eigenvalue weighted by Gasteiger charge is 2.27. The molecule has 160 valence electrons. The number of aromatic amines is 1. The van der Waals surface area contributed by atoms with Crippen molar-refractivity contribution in [2.75, 3.05) is 31.6 Å². The Labute approximate surface area is 184 Å². The predicted molar refractivity (Wildman–Crippen MR) is 125 cm³/mol. The number of aromatic nitrogens is 4. The van der Waals surface area contributed by atoms with E-state index in [1.54, 1.807) is 17.7 Å². The van der Waals surface area contributed by atoms with Crippen molar-refractivity contribution < 1.29 is 4.74 Å². The van der Waals surface area contributed by atoms with E-state index in [9.17, 15) is 0 Å². The van der Waals surface area contributed by atoms with Crippen molar-refractivity contribution in [1.82, 2.24) is 24.8 Å². The van der Waals surface area contributed by atoms with E-state index in [-0.39, 0.29) is 0 Å². The Bertz CT molecular complexity index is 1160. The van der Waals surface area contributed by atoms with Crippen molar-refractivity contribution in [3.05, 3.63) is 37.1 Å². The summed E-state index contributed by atoms with van der Waals surface area (Å²) in [6, 6.07) is 5.42. The average molecular weight is 435 g/mol. The van der Waals surface area contributed by atoms with Crippen LogP contribution in [-0.2, 0) is 4.74 Å². The number of morpholine rings is 1. The molecule has 0 amide bonds. The number of nitrogens with one attached hydrogen (secondary N) is 2. The van der Waals surface area contributed by atoms with Crippen LogP contribution < -0.4 is 5.32 Å². The maximum Gasteiger partial charge on any atom is 0.143 e. The summed E-state index contributed by atoms with van der Waals surface area (Å²) in [5.41, 5.74) is 2.03. The second-order valence-electron chi connectivity index (χ2n) is 8.47. The molecule has 1 aliphatic carbocycles. The molecule has 31 heavy (non-hydrogen) atoms. The van der Waals surface area contributed by atoms with Gasteiger partial charge in [0.1, 0.15) is 17.8 Å². The lowest BCUT2D eigenvalue weighted by atomic mass is 9.90. The zero-order valence-electron chi connectivity index (χ0n) is 17.4. The third kappa shape index (κ3) is 3.69. The molecular formula is C23H26N6OS. The molecule has 0 unspecified atom stereocenters. The van der Waals surface area contributed by atoms with Crippen LogP contribution in [-0.4, -0.2) is 63.2 Å². The summed E-state index contributed by atoms with van der Waals surface area (Å²) in [4.78, 5) is 20.5. The predicted octanol–water partition coefficient (Wildman–Crippen LogP) is 4.29. The Kier molecular flexibility index (Phi) is 5.06. The summed E-state index contributed by atoms with van der Waals surface area (Å²) < 4.78 is 6.76. The molecule has 0 spiro atoms. The summed E-state index contributed by atoms with van der Waals surface area (Å²) in [6.07, 6.45) is 12.3. The first-order valence-electron chi connectivity index (χ1n) is 11.1. The Hall–Kier alpha value is -2.55. The smallest absolute Gasteiger partial charge is 0.143 e. The van der Waals surface area contributed by atoms with E-state index in [2.05, 4.69) is 48.5 Å². The number of rotatable bonds is 4. The van der Waals surface area contributed by atoms with Crippen molar-refractivity contribution in [1.29, 1.82) is 0 Å². The van der Waals surface area contributed by atoms with Gasteiger partial charge in [0, 0.05) is 64.3 Å². The van der Waals surface area contributed by atoms with E-state index < -0.39 is 0 Å². The van der Waals surface area contributed by atoms with Gasteiger partial charge in [-0.15, -0.1) is 11.3 Å². The monoisotopic (exact) mass is 434 g/mol. The topological polar surface area (TPSA) is 79.0 Å². The van der Waals surface area contributed by atoms with E-state index in [1.807, 2.05) is 12.4 Å². The zero-order valence-corrected chi connectivity index (χ0v) is 18.2. The third-order valence-electron chi connectivity index (χ3n) is 6.65. The minimum Gasteiger partial charge on any atom is -0.379 e. The molecule has 4 aromatic heterocycles. The van der Waals surface area contributed by atoms with Gasteiger partial charge < -0.3 is 15.0 Å². The first-order valence-corrected chi connectivity index (χ1v) is 11.9. The fraction of sp³-hybridized carbons (Fsp3) is 0.435. The highest BCUT2D eigenvalue weighted by molar-refractivity contribution is 7.22. The molecule has 1 saturated carbocycles. The third-order valence-corrected chi connectivity index (χ3v) is 7.80. The number of H-pyrrole nitrogens is 1. The van der Waals surface area contributed by atoms with Gasteiger partial charge in [-0.25, -0.2) is 9.97 Å². The maximum atomic E-state index is 5.52. The van der Waals surface area contributed by atoms with Crippen molar-refractivity contribution >= 4 is 38.3 Å². The van der Waals surface area contributed by atoms with E-state index in [0.29, 0.717) is 12.1 Å². The van der Waals surface area contributed by atoms with Gasteiger partial charge in [-0.05, 0) is 37.8 Å². The van der Waals surface area contributed by atoms with Crippen LogP contribution in [0.5, 0.6) is 0 Å². The van der Waals surface area contributed by atoms with Crippen LogP contribution in [0.2, 0.25) is 0 Å². The first kappa shape index (κ1) is 19.2. The van der Waals surface area contributed by atoms with Crippen LogP contribution in [0.25, 0.3) is 31.6 Å². The molecule has 6 rings (SSSR count). The largest absolute Gasteiger partial charge is 0.379 e. The lowest BCUT2D eigenvalue weighted by molar-refractivity contribution is 0.00791. The van der Waals surface area contributed by atoms with Crippen molar-refractivity contribution in [3.8, 4) is 10.4 Å². The van der Waals surface area contributed by atoms with Crippen LogP contribution in [0.1, 0.15) is 25.7 Å². The van der Waals surface area contributed by atoms with Gasteiger partial charge in [0.2, 0.25) is 0 Å². The Morgan fingerprint density at radius 3 is 2.84 bits per heavy atom. The number of ether oxygens (including phenoxy) is 1. The lowest BCUT2D eigenvalue weighted by Gasteiger charge is -2.39. The number of anilines is 1.